The smallest absolute Gasteiger partial charge is 0.226 e. The van der Waals surface area contributed by atoms with Crippen molar-refractivity contribution in [1.29, 1.82) is 0 Å². The van der Waals surface area contributed by atoms with Crippen molar-refractivity contribution in [3.8, 4) is 17.2 Å². The Hall–Kier alpha value is -2.60. The van der Waals surface area contributed by atoms with Crippen LogP contribution in [-0.2, 0) is 4.79 Å². The van der Waals surface area contributed by atoms with Crippen molar-refractivity contribution in [2.45, 2.75) is 6.42 Å². The Balaban J connectivity index is 1.90. The molecule has 2 aromatic rings. The van der Waals surface area contributed by atoms with Gasteiger partial charge in [-0.25, -0.2) is 0 Å². The highest BCUT2D eigenvalue weighted by Gasteiger charge is 2.10. The number of methoxy groups -OCH3 is 3. The van der Waals surface area contributed by atoms with Crippen LogP contribution in [0.15, 0.2) is 36.4 Å². The number of carbonyl (C=O) groups excluding carboxylic acids is 1. The molecule has 7 heteroatoms. The molecule has 0 bridgehead atoms. The maximum Gasteiger partial charge on any atom is 0.226 e. The number of ether oxygens (including phenoxy) is 3. The van der Waals surface area contributed by atoms with Gasteiger partial charge in [0.05, 0.1) is 32.0 Å². The fraction of sp³-hybridized carbons (Fsp3) is 0.278. The maximum absolute atomic E-state index is 12.0. The standard InChI is InChI=1S/C18H21ClN2O4/c1-23-13-6-4-12(5-7-13)21-18(22)8-9-20-15-11-16(24-2)14(19)10-17(15)25-3/h4-7,10-11,20H,8-9H2,1-3H3,(H,21,22). The van der Waals surface area contributed by atoms with Crippen LogP contribution in [-0.4, -0.2) is 33.8 Å². The third kappa shape index (κ3) is 5.19. The van der Waals surface area contributed by atoms with E-state index >= 15 is 0 Å². The number of rotatable bonds is 8. The van der Waals surface area contributed by atoms with E-state index in [0.717, 1.165) is 11.4 Å². The molecular formula is C18H21ClN2O4. The number of benzene rings is 2. The molecule has 0 aliphatic carbocycles. The van der Waals surface area contributed by atoms with E-state index in [1.807, 2.05) is 0 Å². The lowest BCUT2D eigenvalue weighted by Crippen LogP contribution is -2.16. The molecule has 0 saturated carbocycles. The topological polar surface area (TPSA) is 68.8 Å². The van der Waals surface area contributed by atoms with E-state index in [4.69, 9.17) is 25.8 Å². The summed E-state index contributed by atoms with van der Waals surface area (Å²) in [4.78, 5) is 12.0. The first-order valence-electron chi connectivity index (χ1n) is 7.66. The molecule has 0 heterocycles. The van der Waals surface area contributed by atoms with E-state index in [-0.39, 0.29) is 5.91 Å². The molecule has 2 N–H and O–H groups in total. The number of nitrogens with one attached hydrogen (secondary N) is 2. The molecule has 0 saturated heterocycles. The second-order valence-electron chi connectivity index (χ2n) is 5.14. The van der Waals surface area contributed by atoms with Crippen molar-refractivity contribution in [2.75, 3.05) is 38.5 Å². The number of hydrogen-bond donors (Lipinski definition) is 2. The highest BCUT2D eigenvalue weighted by molar-refractivity contribution is 6.32. The molecule has 0 unspecified atom stereocenters. The molecule has 134 valence electrons. The minimum atomic E-state index is -0.0995. The van der Waals surface area contributed by atoms with E-state index in [9.17, 15) is 4.79 Å². The number of hydrogen-bond acceptors (Lipinski definition) is 5. The quantitative estimate of drug-likeness (QED) is 0.745. The molecule has 0 aromatic heterocycles. The van der Waals surface area contributed by atoms with E-state index in [1.165, 1.54) is 0 Å². The Kier molecular flexibility index (Phi) is 6.77. The SMILES string of the molecule is COc1ccc(NC(=O)CCNc2cc(OC)c(Cl)cc2OC)cc1. The van der Waals surface area contributed by atoms with Crippen LogP contribution >= 0.6 is 11.6 Å². The van der Waals surface area contributed by atoms with Crippen LogP contribution in [0.2, 0.25) is 5.02 Å². The van der Waals surface area contributed by atoms with Gasteiger partial charge in [0.2, 0.25) is 5.91 Å². The summed E-state index contributed by atoms with van der Waals surface area (Å²) < 4.78 is 15.6. The zero-order valence-corrected chi connectivity index (χ0v) is 15.1. The van der Waals surface area contributed by atoms with Crippen molar-refractivity contribution < 1.29 is 19.0 Å². The van der Waals surface area contributed by atoms with Crippen LogP contribution in [0.4, 0.5) is 11.4 Å². The molecule has 6 nitrogen and oxygen atoms in total. The number of halogens is 1. The van der Waals surface area contributed by atoms with Gasteiger partial charge in [0, 0.05) is 30.8 Å². The average Bonchev–Trinajstić information content (AvgIpc) is 2.63. The van der Waals surface area contributed by atoms with Crippen molar-refractivity contribution in [3.63, 3.8) is 0 Å². The van der Waals surface area contributed by atoms with Crippen LogP contribution in [0.5, 0.6) is 17.2 Å². The Morgan fingerprint density at radius 1 is 1.00 bits per heavy atom. The van der Waals surface area contributed by atoms with Crippen molar-refractivity contribution in [3.05, 3.63) is 41.4 Å². The molecule has 0 aliphatic rings. The molecule has 2 rings (SSSR count). The molecule has 25 heavy (non-hydrogen) atoms. The predicted molar refractivity (Wildman–Crippen MR) is 99.3 cm³/mol. The lowest BCUT2D eigenvalue weighted by molar-refractivity contribution is -0.115. The highest BCUT2D eigenvalue weighted by atomic mass is 35.5. The first-order chi connectivity index (χ1) is 12.1. The van der Waals surface area contributed by atoms with Gasteiger partial charge in [-0.05, 0) is 24.3 Å². The van der Waals surface area contributed by atoms with Gasteiger partial charge in [0.25, 0.3) is 0 Å². The Bertz CT molecular complexity index is 720. The fourth-order valence-electron chi connectivity index (χ4n) is 2.21. The largest absolute Gasteiger partial charge is 0.497 e. The fourth-order valence-corrected chi connectivity index (χ4v) is 2.44. The average molecular weight is 365 g/mol. The van der Waals surface area contributed by atoms with Gasteiger partial charge in [-0.1, -0.05) is 11.6 Å². The zero-order valence-electron chi connectivity index (χ0n) is 14.4. The van der Waals surface area contributed by atoms with Crippen LogP contribution in [0, 0.1) is 0 Å². The predicted octanol–water partition coefficient (Wildman–Crippen LogP) is 3.81. The van der Waals surface area contributed by atoms with Gasteiger partial charge in [0.1, 0.15) is 17.2 Å². The Labute approximate surface area is 152 Å². The second kappa shape index (κ2) is 9.03. The third-order valence-corrected chi connectivity index (χ3v) is 3.81. The van der Waals surface area contributed by atoms with Gasteiger partial charge in [0.15, 0.2) is 0 Å². The summed E-state index contributed by atoms with van der Waals surface area (Å²) in [5.41, 5.74) is 1.43. The maximum atomic E-state index is 12.0. The molecule has 0 fully saturated rings. The summed E-state index contributed by atoms with van der Waals surface area (Å²) in [6.45, 7) is 0.434. The van der Waals surface area contributed by atoms with Crippen LogP contribution in [0.1, 0.15) is 6.42 Å². The summed E-state index contributed by atoms with van der Waals surface area (Å²) in [5, 5.41) is 6.45. The van der Waals surface area contributed by atoms with Crippen LogP contribution < -0.4 is 24.8 Å². The molecule has 2 aromatic carbocycles. The van der Waals surface area contributed by atoms with E-state index in [1.54, 1.807) is 57.7 Å². The first kappa shape index (κ1) is 18.7. The number of carbonyl (C=O) groups is 1. The molecule has 0 aliphatic heterocycles. The minimum Gasteiger partial charge on any atom is -0.497 e. The molecule has 0 radical (unpaired) electrons. The molecule has 1 amide bonds. The van der Waals surface area contributed by atoms with Crippen LogP contribution in [0.3, 0.4) is 0 Å². The lowest BCUT2D eigenvalue weighted by atomic mass is 10.2. The van der Waals surface area contributed by atoms with Gasteiger partial charge in [-0.3, -0.25) is 4.79 Å². The molecular weight excluding hydrogens is 344 g/mol. The zero-order chi connectivity index (χ0) is 18.2. The van der Waals surface area contributed by atoms with Gasteiger partial charge in [-0.15, -0.1) is 0 Å². The Morgan fingerprint density at radius 3 is 2.28 bits per heavy atom. The summed E-state index contributed by atoms with van der Waals surface area (Å²) in [6, 6.07) is 10.6. The van der Waals surface area contributed by atoms with E-state index in [0.29, 0.717) is 35.2 Å². The second-order valence-corrected chi connectivity index (χ2v) is 5.55. The van der Waals surface area contributed by atoms with E-state index in [2.05, 4.69) is 10.6 Å². The summed E-state index contributed by atoms with van der Waals surface area (Å²) >= 11 is 6.07. The van der Waals surface area contributed by atoms with Gasteiger partial charge < -0.3 is 24.8 Å². The van der Waals surface area contributed by atoms with Gasteiger partial charge >= 0.3 is 0 Å². The summed E-state index contributed by atoms with van der Waals surface area (Å²) in [5.74, 6) is 1.76. The van der Waals surface area contributed by atoms with Crippen molar-refractivity contribution in [2.24, 2.45) is 0 Å². The van der Waals surface area contributed by atoms with Crippen LogP contribution in [0.25, 0.3) is 0 Å². The normalized spacial score (nSPS) is 10.1. The molecule has 0 spiro atoms. The van der Waals surface area contributed by atoms with Crippen molar-refractivity contribution in [1.82, 2.24) is 0 Å². The summed E-state index contributed by atoms with van der Waals surface area (Å²) in [7, 11) is 4.69. The van der Waals surface area contributed by atoms with E-state index < -0.39 is 0 Å². The third-order valence-electron chi connectivity index (χ3n) is 3.52. The minimum absolute atomic E-state index is 0.0995. The summed E-state index contributed by atoms with van der Waals surface area (Å²) in [6.07, 6.45) is 0.292. The number of anilines is 2. The highest BCUT2D eigenvalue weighted by Crippen LogP contribution is 2.35. The Morgan fingerprint density at radius 2 is 1.68 bits per heavy atom. The number of amides is 1. The van der Waals surface area contributed by atoms with Crippen molar-refractivity contribution >= 4 is 28.9 Å². The monoisotopic (exact) mass is 364 g/mol. The first-order valence-corrected chi connectivity index (χ1v) is 8.04. The lowest BCUT2D eigenvalue weighted by Gasteiger charge is -2.14. The molecule has 0 atom stereocenters. The van der Waals surface area contributed by atoms with Gasteiger partial charge in [-0.2, -0.15) is 0 Å².